The molecule has 2 heterocycles. The minimum absolute atomic E-state index is 0.0726. The average Bonchev–Trinajstić information content (AvgIpc) is 3.29. The van der Waals surface area contributed by atoms with Crippen molar-refractivity contribution in [2.45, 2.75) is 52.8 Å². The fourth-order valence-corrected chi connectivity index (χ4v) is 4.29. The third kappa shape index (κ3) is 5.37. The highest BCUT2D eigenvalue weighted by atomic mass is 32.1. The van der Waals surface area contributed by atoms with Crippen molar-refractivity contribution in [1.29, 1.82) is 0 Å². The molecule has 6 heteroatoms. The Balaban J connectivity index is 1.58. The molecule has 0 saturated carbocycles. The number of pyridine rings is 1. The molecule has 0 unspecified atom stereocenters. The molecule has 1 aromatic heterocycles. The van der Waals surface area contributed by atoms with Gasteiger partial charge in [0.15, 0.2) is 5.11 Å². The minimum atomic E-state index is -0.0726. The summed E-state index contributed by atoms with van der Waals surface area (Å²) in [7, 11) is 0. The van der Waals surface area contributed by atoms with Gasteiger partial charge in [-0.1, -0.05) is 29.8 Å². The Bertz CT molecular complexity index is 1160. The Morgan fingerprint density at radius 3 is 2.59 bits per heavy atom. The first-order valence-corrected chi connectivity index (χ1v) is 11.6. The maximum Gasteiger partial charge on any atom is 0.253 e. The highest BCUT2D eigenvalue weighted by Gasteiger charge is 2.18. The van der Waals surface area contributed by atoms with E-state index in [9.17, 15) is 4.79 Å². The normalized spacial score (nSPS) is 15.8. The molecule has 168 valence electrons. The molecule has 0 bridgehead atoms. The number of ether oxygens (including phenoxy) is 1. The molecule has 0 radical (unpaired) electrons. The average molecular weight is 450 g/mol. The number of nitrogens with one attached hydrogen (secondary N) is 2. The van der Waals surface area contributed by atoms with Gasteiger partial charge in [-0.25, -0.2) is 0 Å². The van der Waals surface area contributed by atoms with Crippen LogP contribution in [0.2, 0.25) is 0 Å². The number of hydrogen-bond acceptors (Lipinski definition) is 3. The second-order valence-electron chi connectivity index (χ2n) is 8.81. The molecule has 2 N–H and O–H groups in total. The van der Waals surface area contributed by atoms with E-state index in [1.165, 1.54) is 16.7 Å². The third-order valence-corrected chi connectivity index (χ3v) is 6.59. The summed E-state index contributed by atoms with van der Waals surface area (Å²) in [4.78, 5) is 18.0. The van der Waals surface area contributed by atoms with E-state index in [1.807, 2.05) is 12.1 Å². The summed E-state index contributed by atoms with van der Waals surface area (Å²) >= 11 is 5.76. The van der Waals surface area contributed by atoms with Gasteiger partial charge in [-0.2, -0.15) is 0 Å². The molecule has 1 aliphatic heterocycles. The van der Waals surface area contributed by atoms with Gasteiger partial charge in [-0.05, 0) is 86.1 Å². The molecule has 1 fully saturated rings. The summed E-state index contributed by atoms with van der Waals surface area (Å²) in [6.07, 6.45) is 2.35. The van der Waals surface area contributed by atoms with Gasteiger partial charge in [-0.3, -0.25) is 4.79 Å². The third-order valence-electron chi connectivity index (χ3n) is 6.18. The van der Waals surface area contributed by atoms with E-state index in [4.69, 9.17) is 17.0 Å². The van der Waals surface area contributed by atoms with Gasteiger partial charge >= 0.3 is 0 Å². The number of aromatic nitrogens is 1. The first-order valence-electron chi connectivity index (χ1n) is 11.2. The lowest BCUT2D eigenvalue weighted by molar-refractivity contribution is 0.113. The van der Waals surface area contributed by atoms with Gasteiger partial charge in [-0.15, -0.1) is 0 Å². The second-order valence-corrected chi connectivity index (χ2v) is 9.20. The number of fused-ring (bicyclic) bond motifs is 1. The van der Waals surface area contributed by atoms with Crippen molar-refractivity contribution < 1.29 is 4.74 Å². The van der Waals surface area contributed by atoms with Crippen LogP contribution in [0.4, 0.5) is 0 Å². The molecule has 5 nitrogen and oxygen atoms in total. The second kappa shape index (κ2) is 9.84. The number of hydrogen-bond donors (Lipinski definition) is 2. The zero-order valence-corrected chi connectivity index (χ0v) is 19.8. The Labute approximate surface area is 194 Å². The van der Waals surface area contributed by atoms with Gasteiger partial charge in [0.2, 0.25) is 0 Å². The van der Waals surface area contributed by atoms with E-state index in [0.717, 1.165) is 35.9 Å². The lowest BCUT2D eigenvalue weighted by Crippen LogP contribution is -2.42. The lowest BCUT2D eigenvalue weighted by atomic mass is 10.0. The van der Waals surface area contributed by atoms with Crippen LogP contribution in [0.3, 0.4) is 0 Å². The molecule has 1 saturated heterocycles. The van der Waals surface area contributed by atoms with Crippen molar-refractivity contribution in [3.63, 3.8) is 0 Å². The Kier molecular flexibility index (Phi) is 6.92. The van der Waals surface area contributed by atoms with Gasteiger partial charge in [0.05, 0.1) is 12.6 Å². The number of thiocarbonyl (C=S) groups is 1. The van der Waals surface area contributed by atoms with Crippen LogP contribution < -0.4 is 10.9 Å². The maximum absolute atomic E-state index is 12.9. The number of aromatic amines is 1. The number of nitrogens with zero attached hydrogens (tertiary/aromatic N) is 1. The van der Waals surface area contributed by atoms with Crippen molar-refractivity contribution in [3.05, 3.63) is 80.6 Å². The molecule has 2 aromatic carbocycles. The van der Waals surface area contributed by atoms with E-state index in [-0.39, 0.29) is 11.7 Å². The topological polar surface area (TPSA) is 57.4 Å². The monoisotopic (exact) mass is 449 g/mol. The van der Waals surface area contributed by atoms with Gasteiger partial charge < -0.3 is 19.9 Å². The van der Waals surface area contributed by atoms with E-state index in [0.29, 0.717) is 30.3 Å². The molecule has 32 heavy (non-hydrogen) atoms. The van der Waals surface area contributed by atoms with Crippen LogP contribution in [-0.4, -0.2) is 34.3 Å². The molecular weight excluding hydrogens is 418 g/mol. The van der Waals surface area contributed by atoms with E-state index < -0.39 is 0 Å². The van der Waals surface area contributed by atoms with Crippen LogP contribution in [0, 0.1) is 20.8 Å². The highest BCUT2D eigenvalue weighted by molar-refractivity contribution is 7.80. The minimum Gasteiger partial charge on any atom is -0.376 e. The van der Waals surface area contributed by atoms with Gasteiger partial charge in [0.25, 0.3) is 5.56 Å². The summed E-state index contributed by atoms with van der Waals surface area (Å²) < 4.78 is 5.73. The molecule has 0 aliphatic carbocycles. The van der Waals surface area contributed by atoms with Crippen LogP contribution in [0.5, 0.6) is 0 Å². The van der Waals surface area contributed by atoms with Crippen molar-refractivity contribution in [2.75, 3.05) is 13.2 Å². The van der Waals surface area contributed by atoms with Crippen molar-refractivity contribution in [3.8, 4) is 0 Å². The molecule has 3 aromatic rings. The number of benzene rings is 2. The SMILES string of the molecule is Cc1ccc(CN(Cc2cc3cc(C)c(C)cc3[nH]c2=O)C(=S)NC[C@H]2CCCO2)cc1. The van der Waals surface area contributed by atoms with Crippen molar-refractivity contribution in [2.24, 2.45) is 0 Å². The molecule has 1 aliphatic rings. The smallest absolute Gasteiger partial charge is 0.253 e. The molecule has 1 atom stereocenters. The van der Waals surface area contributed by atoms with E-state index in [1.54, 1.807) is 0 Å². The van der Waals surface area contributed by atoms with Crippen molar-refractivity contribution >= 4 is 28.2 Å². The number of aryl methyl sites for hydroxylation is 3. The maximum atomic E-state index is 12.9. The van der Waals surface area contributed by atoms with Crippen LogP contribution in [0.25, 0.3) is 10.9 Å². The summed E-state index contributed by atoms with van der Waals surface area (Å²) in [6.45, 7) is 8.79. The van der Waals surface area contributed by atoms with Gasteiger partial charge in [0, 0.05) is 30.8 Å². The number of rotatable bonds is 6. The Morgan fingerprint density at radius 1 is 1.12 bits per heavy atom. The van der Waals surface area contributed by atoms with Crippen LogP contribution in [0.1, 0.15) is 40.7 Å². The summed E-state index contributed by atoms with van der Waals surface area (Å²) in [5.41, 5.74) is 6.25. The molecule has 4 rings (SSSR count). The summed E-state index contributed by atoms with van der Waals surface area (Å²) in [5.74, 6) is 0. The first kappa shape index (κ1) is 22.5. The lowest BCUT2D eigenvalue weighted by Gasteiger charge is -2.27. The molecule has 0 amide bonds. The predicted molar refractivity (Wildman–Crippen MR) is 134 cm³/mol. The Hall–Kier alpha value is -2.70. The number of H-pyrrole nitrogens is 1. The fraction of sp³-hybridized carbons (Fsp3) is 0.385. The van der Waals surface area contributed by atoms with Crippen LogP contribution in [-0.2, 0) is 17.8 Å². The summed E-state index contributed by atoms with van der Waals surface area (Å²) in [6, 6.07) is 14.6. The van der Waals surface area contributed by atoms with Crippen molar-refractivity contribution in [1.82, 2.24) is 15.2 Å². The zero-order valence-electron chi connectivity index (χ0n) is 19.0. The van der Waals surface area contributed by atoms with Crippen LogP contribution >= 0.6 is 12.2 Å². The van der Waals surface area contributed by atoms with Gasteiger partial charge in [0.1, 0.15) is 0 Å². The van der Waals surface area contributed by atoms with Crippen LogP contribution in [0.15, 0.2) is 47.3 Å². The standard InChI is InChI=1S/C26H31N3O2S/c1-17-6-8-20(9-7-17)15-29(26(32)27-14-23-5-4-10-31-23)16-22-13-21-11-18(2)19(3)12-24(21)28-25(22)30/h6-9,11-13,23H,4-5,10,14-16H2,1-3H3,(H,27,32)(H,28,30)/t23-/m1/s1. The molecule has 0 spiro atoms. The van der Waals surface area contributed by atoms with E-state index >= 15 is 0 Å². The predicted octanol–water partition coefficient (Wildman–Crippen LogP) is 4.51. The fourth-order valence-electron chi connectivity index (χ4n) is 4.08. The van der Waals surface area contributed by atoms with E-state index in [2.05, 4.69) is 66.3 Å². The summed E-state index contributed by atoms with van der Waals surface area (Å²) in [5, 5.41) is 5.05. The highest BCUT2D eigenvalue weighted by Crippen LogP contribution is 2.19. The quantitative estimate of drug-likeness (QED) is 0.543. The molecular formula is C26H31N3O2S. The first-order chi connectivity index (χ1) is 15.4. The largest absolute Gasteiger partial charge is 0.376 e. The zero-order chi connectivity index (χ0) is 22.7. The Morgan fingerprint density at radius 2 is 1.88 bits per heavy atom.